The number of rotatable bonds is 8. The number of anilines is 1. The van der Waals surface area contributed by atoms with E-state index in [2.05, 4.69) is 25.9 Å². The van der Waals surface area contributed by atoms with Gasteiger partial charge in [-0.1, -0.05) is 29.8 Å². The fraction of sp³-hybridized carbons (Fsp3) is 0.250. The van der Waals surface area contributed by atoms with Gasteiger partial charge in [-0.25, -0.2) is 23.6 Å². The topological polar surface area (TPSA) is 162 Å². The number of aliphatic carboxylic acids is 1. The molecule has 2 amide bonds. The maximum absolute atomic E-state index is 13.0. The van der Waals surface area contributed by atoms with Crippen molar-refractivity contribution >= 4 is 30.4 Å². The third kappa shape index (κ3) is 13.1. The van der Waals surface area contributed by atoms with Crippen molar-refractivity contribution in [2.75, 3.05) is 12.2 Å². The van der Waals surface area contributed by atoms with Gasteiger partial charge in [-0.2, -0.15) is 0 Å². The van der Waals surface area contributed by atoms with Crippen molar-refractivity contribution < 1.29 is 38.1 Å². The Labute approximate surface area is 236 Å². The number of carbonyl (C=O) groups excluding carboxylic acids is 2. The number of carboxylic acids is 1. The molecule has 41 heavy (non-hydrogen) atoms. The molecule has 0 aliphatic rings. The smallest absolute Gasteiger partial charge is 0.321 e. The first-order chi connectivity index (χ1) is 19.6. The molecule has 0 saturated heterocycles. The molecule has 0 unspecified atom stereocenters. The molecule has 1 heterocycles. The summed E-state index contributed by atoms with van der Waals surface area (Å²) in [6.45, 7) is 6.24. The number of carbonyl (C=O) groups is 3. The summed E-state index contributed by atoms with van der Waals surface area (Å²) < 4.78 is 28.4. The lowest BCUT2D eigenvalue weighted by atomic mass is 10.1. The van der Waals surface area contributed by atoms with Crippen LogP contribution >= 0.6 is 0 Å². The molecule has 0 bridgehead atoms. The van der Waals surface area contributed by atoms with Gasteiger partial charge in [-0.15, -0.1) is 0 Å². The number of guanidine groups is 1. The molecule has 0 aliphatic heterocycles. The van der Waals surface area contributed by atoms with Crippen molar-refractivity contribution in [2.24, 2.45) is 10.9 Å². The van der Waals surface area contributed by atoms with Crippen molar-refractivity contribution in [3.63, 3.8) is 0 Å². The molecule has 13 heteroatoms. The van der Waals surface area contributed by atoms with Gasteiger partial charge in [0.25, 0.3) is 0 Å². The van der Waals surface area contributed by atoms with Crippen LogP contribution < -0.4 is 20.7 Å². The number of alkyl halides is 1. The number of carboxylic acid groups (broad SMARTS) is 1. The lowest BCUT2D eigenvalue weighted by molar-refractivity contribution is -0.141. The van der Waals surface area contributed by atoms with Gasteiger partial charge in [0.2, 0.25) is 11.8 Å². The number of aliphatic hydroxyl groups excluding tert-OH is 1. The van der Waals surface area contributed by atoms with Crippen molar-refractivity contribution in [2.45, 2.75) is 33.4 Å². The second-order valence-corrected chi connectivity index (χ2v) is 8.32. The van der Waals surface area contributed by atoms with Crippen molar-refractivity contribution in [1.82, 2.24) is 15.6 Å². The highest BCUT2D eigenvalue weighted by molar-refractivity contribution is 6.03. The van der Waals surface area contributed by atoms with E-state index in [-0.39, 0.29) is 11.8 Å². The SMILES string of the molecule is C=O.Cc1ccc(CNC(=O)NC(=N[C@@H](C)[C@@H](C)C(=O)O)Nc2ccc(Oc3ccc(F)cn3)cc2)cc1.OCF. The molecule has 0 saturated carbocycles. The number of aryl methyl sites for hydroxylation is 1. The van der Waals surface area contributed by atoms with Crippen LogP contribution in [0.2, 0.25) is 0 Å². The number of aliphatic imine (C=N–C) groups is 1. The number of ether oxygens (including phenoxy) is 1. The Morgan fingerprint density at radius 1 is 1.05 bits per heavy atom. The summed E-state index contributed by atoms with van der Waals surface area (Å²) in [5, 5.41) is 24.6. The van der Waals surface area contributed by atoms with Crippen LogP contribution in [0.5, 0.6) is 11.6 Å². The van der Waals surface area contributed by atoms with E-state index in [9.17, 15) is 23.5 Å². The number of benzene rings is 2. The molecule has 0 aliphatic carbocycles. The summed E-state index contributed by atoms with van der Waals surface area (Å²) in [5.74, 6) is -1.43. The van der Waals surface area contributed by atoms with Crippen LogP contribution in [-0.2, 0) is 16.1 Å². The number of hydrogen-bond acceptors (Lipinski definition) is 7. The van der Waals surface area contributed by atoms with Gasteiger partial charge in [0.05, 0.1) is 18.2 Å². The zero-order valence-electron chi connectivity index (χ0n) is 22.8. The largest absolute Gasteiger partial charge is 0.481 e. The minimum atomic E-state index is -1.25. The standard InChI is InChI=1S/C26H28FN5O4.CH3FO.CH2O/c1-16-4-6-19(7-5-16)14-29-26(35)32-25(30-18(3)17(2)24(33)34)31-21-9-11-22(12-10-21)36-23-13-8-20(27)15-28-23;2-1-3;1-2/h4-13,15,17-18H,14H2,1-3H3,(H,33,34)(H3,29,30,31,32,35);3H,1H2;1H2/t17-,18+;;/m1../s1. The molecular weight excluding hydrogens is 540 g/mol. The van der Waals surface area contributed by atoms with E-state index >= 15 is 0 Å². The van der Waals surface area contributed by atoms with Gasteiger partial charge in [-0.05, 0) is 56.7 Å². The normalized spacial score (nSPS) is 11.8. The highest BCUT2D eigenvalue weighted by Crippen LogP contribution is 2.21. The highest BCUT2D eigenvalue weighted by Gasteiger charge is 2.20. The molecule has 0 radical (unpaired) electrons. The lowest BCUT2D eigenvalue weighted by Gasteiger charge is -2.17. The first-order valence-electron chi connectivity index (χ1n) is 12.1. The van der Waals surface area contributed by atoms with Gasteiger partial charge in [0.1, 0.15) is 18.4 Å². The van der Waals surface area contributed by atoms with Crippen LogP contribution in [-0.4, -0.2) is 52.8 Å². The van der Waals surface area contributed by atoms with E-state index in [1.807, 2.05) is 38.0 Å². The van der Waals surface area contributed by atoms with Crippen molar-refractivity contribution in [1.29, 1.82) is 0 Å². The molecule has 0 spiro atoms. The monoisotopic (exact) mass is 573 g/mol. The van der Waals surface area contributed by atoms with Crippen molar-refractivity contribution in [3.8, 4) is 11.6 Å². The fourth-order valence-corrected chi connectivity index (χ4v) is 2.94. The summed E-state index contributed by atoms with van der Waals surface area (Å²) in [6, 6.07) is 16.0. The molecule has 11 nitrogen and oxygen atoms in total. The van der Waals surface area contributed by atoms with E-state index in [4.69, 9.17) is 14.6 Å². The Hall–Kier alpha value is -4.91. The van der Waals surface area contributed by atoms with Crippen LogP contribution in [0, 0.1) is 18.7 Å². The average molecular weight is 574 g/mol. The zero-order valence-corrected chi connectivity index (χ0v) is 22.8. The minimum absolute atomic E-state index is 0.0888. The molecule has 2 atom stereocenters. The van der Waals surface area contributed by atoms with Crippen molar-refractivity contribution in [3.05, 3.63) is 83.8 Å². The van der Waals surface area contributed by atoms with Crippen LogP contribution in [0.4, 0.5) is 19.3 Å². The molecule has 2 aromatic carbocycles. The van der Waals surface area contributed by atoms with E-state index in [1.165, 1.54) is 12.1 Å². The number of nitrogens with one attached hydrogen (secondary N) is 3. The fourth-order valence-electron chi connectivity index (χ4n) is 2.94. The van der Waals surface area contributed by atoms with E-state index < -0.39 is 36.6 Å². The molecule has 1 aromatic heterocycles. The molecule has 3 rings (SSSR count). The Kier molecular flexibility index (Phi) is 15.3. The minimum Gasteiger partial charge on any atom is -0.481 e. The molecular formula is C28H33F2N5O6. The second-order valence-electron chi connectivity index (χ2n) is 8.32. The van der Waals surface area contributed by atoms with E-state index in [0.29, 0.717) is 18.0 Å². The van der Waals surface area contributed by atoms with Crippen LogP contribution in [0.25, 0.3) is 0 Å². The molecule has 5 N–H and O–H groups in total. The molecule has 0 fully saturated rings. The maximum atomic E-state index is 13.0. The summed E-state index contributed by atoms with van der Waals surface area (Å²) in [4.78, 5) is 40.1. The number of hydrogen-bond donors (Lipinski definition) is 5. The number of nitrogens with zero attached hydrogens (tertiary/aromatic N) is 2. The number of pyridine rings is 1. The van der Waals surface area contributed by atoms with Gasteiger partial charge in [0.15, 0.2) is 6.86 Å². The summed E-state index contributed by atoms with van der Waals surface area (Å²) in [7, 11) is 0. The Bertz CT molecular complexity index is 1240. The van der Waals surface area contributed by atoms with E-state index in [1.54, 1.807) is 38.1 Å². The first kappa shape index (κ1) is 34.1. The van der Waals surface area contributed by atoms with Crippen LogP contribution in [0.3, 0.4) is 0 Å². The van der Waals surface area contributed by atoms with Gasteiger partial charge in [0, 0.05) is 18.3 Å². The Morgan fingerprint density at radius 3 is 2.20 bits per heavy atom. The molecule has 3 aromatic rings. The van der Waals surface area contributed by atoms with Gasteiger partial charge < -0.3 is 30.4 Å². The summed E-state index contributed by atoms with van der Waals surface area (Å²) in [5.41, 5.74) is 2.62. The van der Waals surface area contributed by atoms with Crippen LogP contribution in [0.15, 0.2) is 71.9 Å². The zero-order chi connectivity index (χ0) is 30.8. The molecule has 220 valence electrons. The number of aromatic nitrogens is 1. The van der Waals surface area contributed by atoms with Gasteiger partial charge >= 0.3 is 12.0 Å². The average Bonchev–Trinajstić information content (AvgIpc) is 2.96. The Morgan fingerprint density at radius 2 is 1.66 bits per heavy atom. The highest BCUT2D eigenvalue weighted by atomic mass is 19.1. The van der Waals surface area contributed by atoms with Gasteiger partial charge in [-0.3, -0.25) is 10.1 Å². The number of urea groups is 1. The maximum Gasteiger partial charge on any atom is 0.321 e. The number of aliphatic hydroxyl groups is 1. The second kappa shape index (κ2) is 18.4. The Balaban J connectivity index is 0.00000157. The first-order valence-corrected chi connectivity index (χ1v) is 12.1. The van der Waals surface area contributed by atoms with E-state index in [0.717, 1.165) is 17.3 Å². The lowest BCUT2D eigenvalue weighted by Crippen LogP contribution is -2.43. The predicted molar refractivity (Wildman–Crippen MR) is 150 cm³/mol. The summed E-state index contributed by atoms with van der Waals surface area (Å²) >= 11 is 0. The third-order valence-corrected chi connectivity index (χ3v) is 5.29. The number of amides is 2. The van der Waals surface area contributed by atoms with Crippen LogP contribution in [0.1, 0.15) is 25.0 Å². The number of halogens is 2. The quantitative estimate of drug-likeness (QED) is 0.195. The predicted octanol–water partition coefficient (Wildman–Crippen LogP) is 4.42. The third-order valence-electron chi connectivity index (χ3n) is 5.29. The summed E-state index contributed by atoms with van der Waals surface area (Å²) in [6.07, 6.45) is 1.06.